The van der Waals surface area contributed by atoms with Gasteiger partial charge in [0.2, 0.25) is 5.91 Å². The summed E-state index contributed by atoms with van der Waals surface area (Å²) in [7, 11) is 1.54. The third-order valence-corrected chi connectivity index (χ3v) is 3.88. The fraction of sp³-hybridized carbons (Fsp3) is 0.105. The van der Waals surface area contributed by atoms with Crippen LogP contribution in [-0.2, 0) is 4.79 Å². The lowest BCUT2D eigenvalue weighted by molar-refractivity contribution is -0.115. The highest BCUT2D eigenvalue weighted by Crippen LogP contribution is 2.19. The second kappa shape index (κ2) is 8.46. The Hall–Kier alpha value is -3.82. The maximum atomic E-state index is 13.6. The quantitative estimate of drug-likeness (QED) is 0.619. The van der Waals surface area contributed by atoms with Gasteiger partial charge in [0, 0.05) is 6.20 Å². The maximum absolute atomic E-state index is 13.6. The molecule has 7 nitrogen and oxygen atoms in total. The van der Waals surface area contributed by atoms with Gasteiger partial charge in [0.15, 0.2) is 23.1 Å². The first-order valence-corrected chi connectivity index (χ1v) is 8.30. The molecular weight excluding hydrogens is 389 g/mol. The number of carbonyl (C=O) groups excluding carboxylic acids is 2. The number of hydrogen-bond donors (Lipinski definition) is 2. The molecule has 10 heteroatoms. The zero-order valence-electron chi connectivity index (χ0n) is 15.1. The molecule has 3 aromatic rings. The number of amides is 2. The Morgan fingerprint density at radius 2 is 1.76 bits per heavy atom. The smallest absolute Gasteiger partial charge is 0.272 e. The number of anilines is 1. The van der Waals surface area contributed by atoms with Crippen LogP contribution >= 0.6 is 0 Å². The first-order valence-electron chi connectivity index (χ1n) is 8.30. The van der Waals surface area contributed by atoms with E-state index in [4.69, 9.17) is 4.74 Å². The van der Waals surface area contributed by atoms with Gasteiger partial charge in [-0.25, -0.2) is 17.9 Å². The molecule has 0 fully saturated rings. The number of benzene rings is 2. The summed E-state index contributed by atoms with van der Waals surface area (Å²) < 4.78 is 46.2. The minimum Gasteiger partial charge on any atom is -0.497 e. The molecule has 0 radical (unpaired) electrons. The summed E-state index contributed by atoms with van der Waals surface area (Å²) in [5.41, 5.74) is 0.205. The topological polar surface area (TPSA) is 85.2 Å². The normalized spacial score (nSPS) is 10.5. The van der Waals surface area contributed by atoms with Gasteiger partial charge in [-0.05, 0) is 42.5 Å². The summed E-state index contributed by atoms with van der Waals surface area (Å²) in [6, 6.07) is 9.97. The summed E-state index contributed by atoms with van der Waals surface area (Å²) in [4.78, 5) is 24.0. The van der Waals surface area contributed by atoms with Gasteiger partial charge < -0.3 is 15.4 Å². The molecule has 0 unspecified atom stereocenters. The monoisotopic (exact) mass is 404 g/mol. The van der Waals surface area contributed by atoms with Gasteiger partial charge in [0.25, 0.3) is 5.91 Å². The molecular formula is C19H15F3N4O3. The standard InChI is InChI=1S/C19H15F3N4O3/c1-29-12-4-2-11(3-5-12)26-9-8-15(25-26)19(28)23-10-16(27)24-14-7-6-13(20)17(21)18(14)22/h2-9H,10H2,1H3,(H,23,28)(H,24,27). The van der Waals surface area contributed by atoms with E-state index in [2.05, 4.69) is 15.7 Å². The first kappa shape index (κ1) is 19.9. The lowest BCUT2D eigenvalue weighted by atomic mass is 10.2. The fourth-order valence-corrected chi connectivity index (χ4v) is 2.39. The van der Waals surface area contributed by atoms with Crippen molar-refractivity contribution in [1.29, 1.82) is 0 Å². The Morgan fingerprint density at radius 1 is 1.03 bits per heavy atom. The van der Waals surface area contributed by atoms with E-state index in [1.165, 1.54) is 10.7 Å². The van der Waals surface area contributed by atoms with Crippen LogP contribution in [0.2, 0.25) is 0 Å². The molecule has 0 bridgehead atoms. The van der Waals surface area contributed by atoms with Crippen LogP contribution in [0.25, 0.3) is 5.69 Å². The van der Waals surface area contributed by atoms with Crippen molar-refractivity contribution in [3.05, 3.63) is 71.8 Å². The average molecular weight is 404 g/mol. The van der Waals surface area contributed by atoms with Gasteiger partial charge in [-0.15, -0.1) is 0 Å². The summed E-state index contributed by atoms with van der Waals surface area (Å²) >= 11 is 0. The van der Waals surface area contributed by atoms with Crippen LogP contribution in [-0.4, -0.2) is 35.2 Å². The van der Waals surface area contributed by atoms with E-state index >= 15 is 0 Å². The Labute approximate surface area is 163 Å². The van der Waals surface area contributed by atoms with Crippen molar-refractivity contribution in [2.75, 3.05) is 19.0 Å². The fourth-order valence-electron chi connectivity index (χ4n) is 2.39. The average Bonchev–Trinajstić information content (AvgIpc) is 3.23. The lowest BCUT2D eigenvalue weighted by Crippen LogP contribution is -2.33. The van der Waals surface area contributed by atoms with E-state index in [0.717, 1.165) is 6.07 Å². The third kappa shape index (κ3) is 4.54. The SMILES string of the molecule is COc1ccc(-n2ccc(C(=O)NCC(=O)Nc3ccc(F)c(F)c3F)n2)cc1. The molecule has 3 rings (SSSR count). The zero-order chi connectivity index (χ0) is 21.0. The number of aromatic nitrogens is 2. The van der Waals surface area contributed by atoms with E-state index in [0.29, 0.717) is 17.5 Å². The van der Waals surface area contributed by atoms with E-state index in [1.54, 1.807) is 37.6 Å². The highest BCUT2D eigenvalue weighted by molar-refractivity contribution is 5.98. The molecule has 2 aromatic carbocycles. The zero-order valence-corrected chi connectivity index (χ0v) is 15.1. The predicted molar refractivity (Wildman–Crippen MR) is 97.4 cm³/mol. The molecule has 0 saturated heterocycles. The molecule has 0 spiro atoms. The van der Waals surface area contributed by atoms with Gasteiger partial charge in [0.05, 0.1) is 25.0 Å². The van der Waals surface area contributed by atoms with Crippen LogP contribution in [0.3, 0.4) is 0 Å². The number of rotatable bonds is 6. The molecule has 0 aliphatic heterocycles. The van der Waals surface area contributed by atoms with Crippen LogP contribution in [0.1, 0.15) is 10.5 Å². The van der Waals surface area contributed by atoms with Crippen LogP contribution in [0.5, 0.6) is 5.75 Å². The van der Waals surface area contributed by atoms with Crippen molar-refractivity contribution in [1.82, 2.24) is 15.1 Å². The molecule has 1 aromatic heterocycles. The molecule has 0 aliphatic rings. The number of hydrogen-bond acceptors (Lipinski definition) is 4. The second-order valence-electron chi connectivity index (χ2n) is 5.80. The number of halogens is 3. The number of nitrogens with zero attached hydrogens (tertiary/aromatic N) is 2. The molecule has 0 saturated carbocycles. The third-order valence-electron chi connectivity index (χ3n) is 3.88. The largest absolute Gasteiger partial charge is 0.497 e. The molecule has 0 aliphatic carbocycles. The molecule has 0 atom stereocenters. The van der Waals surface area contributed by atoms with Gasteiger partial charge >= 0.3 is 0 Å². The first-order chi connectivity index (χ1) is 13.9. The van der Waals surface area contributed by atoms with Crippen molar-refractivity contribution in [3.8, 4) is 11.4 Å². The summed E-state index contributed by atoms with van der Waals surface area (Å²) in [5.74, 6) is -5.39. The maximum Gasteiger partial charge on any atom is 0.272 e. The van der Waals surface area contributed by atoms with Crippen LogP contribution in [0.4, 0.5) is 18.9 Å². The number of ether oxygens (including phenoxy) is 1. The molecule has 29 heavy (non-hydrogen) atoms. The van der Waals surface area contributed by atoms with Crippen molar-refractivity contribution >= 4 is 17.5 Å². The van der Waals surface area contributed by atoms with Crippen molar-refractivity contribution < 1.29 is 27.5 Å². The van der Waals surface area contributed by atoms with Gasteiger partial charge in [-0.2, -0.15) is 5.10 Å². The summed E-state index contributed by atoms with van der Waals surface area (Å²) in [6.07, 6.45) is 1.56. The van der Waals surface area contributed by atoms with E-state index in [1.807, 2.05) is 0 Å². The Bertz CT molecular complexity index is 1050. The minimum absolute atomic E-state index is 0.0487. The minimum atomic E-state index is -1.70. The Morgan fingerprint density at radius 3 is 2.45 bits per heavy atom. The second-order valence-corrected chi connectivity index (χ2v) is 5.80. The van der Waals surface area contributed by atoms with Crippen molar-refractivity contribution in [3.63, 3.8) is 0 Å². The highest BCUT2D eigenvalue weighted by atomic mass is 19.2. The van der Waals surface area contributed by atoms with Crippen LogP contribution < -0.4 is 15.4 Å². The van der Waals surface area contributed by atoms with Gasteiger partial charge in [-0.3, -0.25) is 9.59 Å². The molecule has 2 amide bonds. The van der Waals surface area contributed by atoms with Crippen molar-refractivity contribution in [2.24, 2.45) is 0 Å². The summed E-state index contributed by atoms with van der Waals surface area (Å²) in [6.45, 7) is -0.521. The van der Waals surface area contributed by atoms with E-state index in [9.17, 15) is 22.8 Å². The highest BCUT2D eigenvalue weighted by Gasteiger charge is 2.16. The van der Waals surface area contributed by atoms with Crippen LogP contribution in [0, 0.1) is 17.5 Å². The van der Waals surface area contributed by atoms with Crippen molar-refractivity contribution in [2.45, 2.75) is 0 Å². The molecule has 2 N–H and O–H groups in total. The predicted octanol–water partition coefficient (Wildman–Crippen LogP) is 2.67. The van der Waals surface area contributed by atoms with E-state index < -0.39 is 41.5 Å². The number of methoxy groups -OCH3 is 1. The van der Waals surface area contributed by atoms with E-state index in [-0.39, 0.29) is 5.69 Å². The number of carbonyl (C=O) groups is 2. The summed E-state index contributed by atoms with van der Waals surface area (Å²) in [5, 5.41) is 8.48. The molecule has 1 heterocycles. The van der Waals surface area contributed by atoms with Crippen LogP contribution in [0.15, 0.2) is 48.7 Å². The van der Waals surface area contributed by atoms with Gasteiger partial charge in [-0.1, -0.05) is 0 Å². The molecule has 150 valence electrons. The Balaban J connectivity index is 1.59. The number of nitrogens with one attached hydrogen (secondary N) is 2. The Kier molecular flexibility index (Phi) is 5.82. The lowest BCUT2D eigenvalue weighted by Gasteiger charge is -2.08. The van der Waals surface area contributed by atoms with Gasteiger partial charge in [0.1, 0.15) is 5.75 Å².